The van der Waals surface area contributed by atoms with Crippen LogP contribution in [0.1, 0.15) is 18.3 Å². The number of nitrogens with zero attached hydrogens (tertiary/aromatic N) is 4. The van der Waals surface area contributed by atoms with Gasteiger partial charge in [0.05, 0.1) is 23.7 Å². The molecule has 1 rings (SSSR count). The second-order valence-corrected chi connectivity index (χ2v) is 3.92. The van der Waals surface area contributed by atoms with Crippen LogP contribution in [0.25, 0.3) is 5.70 Å². The zero-order chi connectivity index (χ0) is 14.3. The van der Waals surface area contributed by atoms with Crippen LogP contribution in [-0.4, -0.2) is 39.0 Å². The van der Waals surface area contributed by atoms with Crippen molar-refractivity contribution in [2.24, 2.45) is 4.99 Å². The van der Waals surface area contributed by atoms with Crippen molar-refractivity contribution >= 4 is 18.1 Å². The monoisotopic (exact) mass is 258 g/mol. The van der Waals surface area contributed by atoms with Gasteiger partial charge in [0.25, 0.3) is 0 Å². The van der Waals surface area contributed by atoms with E-state index in [4.69, 9.17) is 4.74 Å². The summed E-state index contributed by atoms with van der Waals surface area (Å²) in [4.78, 5) is 10.1. The summed E-state index contributed by atoms with van der Waals surface area (Å²) in [7, 11) is 3.55. The highest BCUT2D eigenvalue weighted by Gasteiger charge is 2.11. The Morgan fingerprint density at radius 3 is 2.89 bits per heavy atom. The van der Waals surface area contributed by atoms with Gasteiger partial charge in [-0.1, -0.05) is 6.08 Å². The first kappa shape index (κ1) is 14.9. The Morgan fingerprint density at radius 1 is 1.63 bits per heavy atom. The summed E-state index contributed by atoms with van der Waals surface area (Å²) < 4.78 is 5.03. The van der Waals surface area contributed by atoms with Gasteiger partial charge in [0, 0.05) is 20.7 Å². The number of aliphatic imine (C=N–C) groups is 1. The number of anilines is 1. The van der Waals surface area contributed by atoms with Gasteiger partial charge >= 0.3 is 0 Å². The van der Waals surface area contributed by atoms with Crippen molar-refractivity contribution in [1.29, 1.82) is 5.26 Å². The SMILES string of the molecule is C=N/C(=C\C)c1ccc(N(C)CCOC)c(C#N)n1. The third-order valence-electron chi connectivity index (χ3n) is 2.73. The Morgan fingerprint density at radius 2 is 2.37 bits per heavy atom. The lowest BCUT2D eigenvalue weighted by atomic mass is 10.2. The number of nitriles is 1. The molecule has 0 saturated carbocycles. The minimum Gasteiger partial charge on any atom is -0.383 e. The maximum atomic E-state index is 9.21. The summed E-state index contributed by atoms with van der Waals surface area (Å²) in [6, 6.07) is 5.82. The lowest BCUT2D eigenvalue weighted by molar-refractivity contribution is 0.206. The zero-order valence-corrected chi connectivity index (χ0v) is 11.6. The minimum absolute atomic E-state index is 0.374. The molecule has 5 nitrogen and oxygen atoms in total. The van der Waals surface area contributed by atoms with Gasteiger partial charge in [-0.2, -0.15) is 5.26 Å². The molecule has 5 heteroatoms. The number of hydrogen-bond acceptors (Lipinski definition) is 5. The molecule has 0 aliphatic rings. The van der Waals surface area contributed by atoms with Gasteiger partial charge in [-0.05, 0) is 25.8 Å². The van der Waals surface area contributed by atoms with Gasteiger partial charge in [-0.25, -0.2) is 4.98 Å². The van der Waals surface area contributed by atoms with Gasteiger partial charge in [0.1, 0.15) is 6.07 Å². The minimum atomic E-state index is 0.374. The lowest BCUT2D eigenvalue weighted by Gasteiger charge is -2.19. The number of rotatable bonds is 6. The highest BCUT2D eigenvalue weighted by Crippen LogP contribution is 2.21. The van der Waals surface area contributed by atoms with Crippen molar-refractivity contribution in [3.63, 3.8) is 0 Å². The van der Waals surface area contributed by atoms with E-state index in [1.807, 2.05) is 37.1 Å². The fourth-order valence-corrected chi connectivity index (χ4v) is 1.65. The highest BCUT2D eigenvalue weighted by molar-refractivity contribution is 5.68. The van der Waals surface area contributed by atoms with E-state index in [0.717, 1.165) is 5.69 Å². The molecule has 100 valence electrons. The summed E-state index contributed by atoms with van der Waals surface area (Å²) in [6.45, 7) is 6.64. The fourth-order valence-electron chi connectivity index (χ4n) is 1.65. The number of hydrogen-bond donors (Lipinski definition) is 0. The standard InChI is InChI=1S/C14H18N4O/c1-5-11(16-2)12-6-7-14(13(10-15)17-12)18(3)8-9-19-4/h5-7H,2,8-9H2,1,3-4H3/b11-5-. The van der Waals surface area contributed by atoms with Crippen molar-refractivity contribution in [3.8, 4) is 6.07 Å². The Hall–Kier alpha value is -2.19. The maximum absolute atomic E-state index is 9.21. The van der Waals surface area contributed by atoms with Crippen LogP contribution in [0.15, 0.2) is 23.2 Å². The molecule has 0 aliphatic carbocycles. The molecule has 0 amide bonds. The number of allylic oxidation sites excluding steroid dienone is 1. The molecular weight excluding hydrogens is 240 g/mol. The van der Waals surface area contributed by atoms with Crippen LogP contribution in [0.5, 0.6) is 0 Å². The quantitative estimate of drug-likeness (QED) is 0.733. The number of aromatic nitrogens is 1. The molecule has 0 bridgehead atoms. The molecule has 19 heavy (non-hydrogen) atoms. The number of likely N-dealkylation sites (N-methyl/N-ethyl adjacent to an activating group) is 1. The Balaban J connectivity index is 3.10. The van der Waals surface area contributed by atoms with Gasteiger partial charge in [-0.15, -0.1) is 0 Å². The van der Waals surface area contributed by atoms with Crippen LogP contribution in [0.3, 0.4) is 0 Å². The average Bonchev–Trinajstić information content (AvgIpc) is 2.45. The number of methoxy groups -OCH3 is 1. The smallest absolute Gasteiger partial charge is 0.164 e. The van der Waals surface area contributed by atoms with Crippen molar-refractivity contribution < 1.29 is 4.74 Å². The van der Waals surface area contributed by atoms with Crippen LogP contribution in [0.2, 0.25) is 0 Å². The van der Waals surface area contributed by atoms with Crippen molar-refractivity contribution in [3.05, 3.63) is 29.6 Å². The second-order valence-electron chi connectivity index (χ2n) is 3.92. The lowest BCUT2D eigenvalue weighted by Crippen LogP contribution is -2.23. The zero-order valence-electron chi connectivity index (χ0n) is 11.6. The second kappa shape index (κ2) is 7.29. The van der Waals surface area contributed by atoms with E-state index in [0.29, 0.717) is 30.2 Å². The van der Waals surface area contributed by atoms with Gasteiger partial charge in [0.2, 0.25) is 0 Å². The molecule has 0 fully saturated rings. The third-order valence-corrected chi connectivity index (χ3v) is 2.73. The Kier molecular flexibility index (Phi) is 5.71. The third kappa shape index (κ3) is 3.63. The first-order valence-corrected chi connectivity index (χ1v) is 5.92. The average molecular weight is 258 g/mol. The molecule has 0 atom stereocenters. The molecule has 0 N–H and O–H groups in total. The van der Waals surface area contributed by atoms with Crippen molar-refractivity contribution in [2.75, 3.05) is 32.2 Å². The Bertz CT molecular complexity index is 517. The van der Waals surface area contributed by atoms with Gasteiger partial charge in [0.15, 0.2) is 5.69 Å². The molecule has 0 radical (unpaired) electrons. The molecule has 0 spiro atoms. The Labute approximate surface area is 113 Å². The summed E-state index contributed by atoms with van der Waals surface area (Å²) in [5, 5.41) is 9.21. The predicted octanol–water partition coefficient (Wildman–Crippen LogP) is 2.10. The first-order chi connectivity index (χ1) is 9.17. The molecule has 1 aromatic rings. The van der Waals surface area contributed by atoms with E-state index in [9.17, 15) is 5.26 Å². The predicted molar refractivity (Wildman–Crippen MR) is 77.3 cm³/mol. The molecular formula is C14H18N4O. The van der Waals surface area contributed by atoms with E-state index in [2.05, 4.69) is 22.8 Å². The molecule has 0 aromatic carbocycles. The molecule has 0 saturated heterocycles. The van der Waals surface area contributed by atoms with Gasteiger partial charge in [-0.3, -0.25) is 4.99 Å². The van der Waals surface area contributed by atoms with E-state index in [-0.39, 0.29) is 0 Å². The topological polar surface area (TPSA) is 61.5 Å². The van der Waals surface area contributed by atoms with Crippen molar-refractivity contribution in [2.45, 2.75) is 6.92 Å². The highest BCUT2D eigenvalue weighted by atomic mass is 16.5. The number of ether oxygens (including phenoxy) is 1. The maximum Gasteiger partial charge on any atom is 0.164 e. The van der Waals surface area contributed by atoms with E-state index < -0.39 is 0 Å². The van der Waals surface area contributed by atoms with Crippen LogP contribution in [0, 0.1) is 11.3 Å². The van der Waals surface area contributed by atoms with Crippen LogP contribution >= 0.6 is 0 Å². The van der Waals surface area contributed by atoms with Crippen molar-refractivity contribution in [1.82, 2.24) is 4.98 Å². The van der Waals surface area contributed by atoms with Crippen LogP contribution in [0.4, 0.5) is 5.69 Å². The molecule has 1 aromatic heterocycles. The van der Waals surface area contributed by atoms with E-state index in [1.54, 1.807) is 7.11 Å². The van der Waals surface area contributed by atoms with Gasteiger partial charge < -0.3 is 9.64 Å². The molecule has 1 heterocycles. The van der Waals surface area contributed by atoms with Crippen LogP contribution < -0.4 is 4.90 Å². The van der Waals surface area contributed by atoms with E-state index >= 15 is 0 Å². The summed E-state index contributed by atoms with van der Waals surface area (Å²) in [5.41, 5.74) is 2.47. The normalized spacial score (nSPS) is 10.9. The molecule has 0 unspecified atom stereocenters. The fraction of sp³-hybridized carbons (Fsp3) is 0.357. The summed E-state index contributed by atoms with van der Waals surface area (Å²) in [6.07, 6.45) is 1.81. The van der Waals surface area contributed by atoms with E-state index in [1.165, 1.54) is 0 Å². The summed E-state index contributed by atoms with van der Waals surface area (Å²) in [5.74, 6) is 0. The molecule has 0 aliphatic heterocycles. The summed E-state index contributed by atoms with van der Waals surface area (Å²) >= 11 is 0. The first-order valence-electron chi connectivity index (χ1n) is 5.92. The largest absolute Gasteiger partial charge is 0.383 e. The number of pyridine rings is 1. The van der Waals surface area contributed by atoms with Crippen LogP contribution in [-0.2, 0) is 4.74 Å².